The van der Waals surface area contributed by atoms with Crippen molar-refractivity contribution in [1.82, 2.24) is 4.90 Å². The summed E-state index contributed by atoms with van der Waals surface area (Å²) in [6.45, 7) is 2.59. The van der Waals surface area contributed by atoms with Crippen LogP contribution in [-0.2, 0) is 20.7 Å². The van der Waals surface area contributed by atoms with Gasteiger partial charge in [-0.2, -0.15) is 0 Å². The number of aliphatic hydroxyl groups is 1. The summed E-state index contributed by atoms with van der Waals surface area (Å²) in [5, 5.41) is 8.92. The molecule has 1 N–H and O–H groups in total. The van der Waals surface area contributed by atoms with Gasteiger partial charge >= 0.3 is 5.97 Å². The van der Waals surface area contributed by atoms with Crippen molar-refractivity contribution in [3.05, 3.63) is 29.8 Å². The Hall–Kier alpha value is -2.08. The first-order valence-corrected chi connectivity index (χ1v) is 7.77. The van der Waals surface area contributed by atoms with E-state index < -0.39 is 0 Å². The normalized spacial score (nSPS) is 10.2. The van der Waals surface area contributed by atoms with E-state index >= 15 is 0 Å². The zero-order valence-corrected chi connectivity index (χ0v) is 13.8. The summed E-state index contributed by atoms with van der Waals surface area (Å²) in [6, 6.07) is 7.58. The van der Waals surface area contributed by atoms with Crippen LogP contribution in [0.2, 0.25) is 0 Å². The molecule has 1 aromatic rings. The van der Waals surface area contributed by atoms with Crippen LogP contribution in [-0.4, -0.2) is 55.3 Å². The number of esters is 1. The highest BCUT2D eigenvalue weighted by Crippen LogP contribution is 2.12. The number of ether oxygens (including phenoxy) is 2. The fourth-order valence-corrected chi connectivity index (χ4v) is 2.01. The Morgan fingerprint density at radius 1 is 1.17 bits per heavy atom. The number of benzene rings is 1. The monoisotopic (exact) mass is 323 g/mol. The summed E-state index contributed by atoms with van der Waals surface area (Å²) in [6.07, 6.45) is 1.53. The van der Waals surface area contributed by atoms with Crippen molar-refractivity contribution in [2.45, 2.75) is 26.2 Å². The number of aliphatic hydroxyl groups excluding tert-OH is 1. The Balaban J connectivity index is 2.51. The zero-order chi connectivity index (χ0) is 17.1. The first kappa shape index (κ1) is 19.0. The molecule has 0 aromatic heterocycles. The van der Waals surface area contributed by atoms with Gasteiger partial charge in [0.1, 0.15) is 5.75 Å². The average Bonchev–Trinajstić information content (AvgIpc) is 2.59. The third-order valence-corrected chi connectivity index (χ3v) is 3.45. The second-order valence-electron chi connectivity index (χ2n) is 5.07. The number of methoxy groups -OCH3 is 1. The Labute approximate surface area is 137 Å². The van der Waals surface area contributed by atoms with Crippen LogP contribution in [0.25, 0.3) is 0 Å². The predicted molar refractivity (Wildman–Crippen MR) is 86.2 cm³/mol. The third-order valence-electron chi connectivity index (χ3n) is 3.45. The molecule has 1 amide bonds. The van der Waals surface area contributed by atoms with E-state index in [1.54, 1.807) is 0 Å². The lowest BCUT2D eigenvalue weighted by molar-refractivity contribution is -0.142. The van der Waals surface area contributed by atoms with Crippen molar-refractivity contribution in [2.75, 3.05) is 33.4 Å². The van der Waals surface area contributed by atoms with E-state index in [1.807, 2.05) is 24.3 Å². The second-order valence-corrected chi connectivity index (χ2v) is 5.07. The number of aryl methyl sites for hydroxylation is 1. The summed E-state index contributed by atoms with van der Waals surface area (Å²) in [7, 11) is 1.31. The van der Waals surface area contributed by atoms with E-state index in [0.717, 1.165) is 6.42 Å². The molecular weight excluding hydrogens is 298 g/mol. The van der Waals surface area contributed by atoms with E-state index in [2.05, 4.69) is 11.7 Å². The van der Waals surface area contributed by atoms with Crippen LogP contribution in [0.1, 0.15) is 25.3 Å². The molecule has 1 aromatic carbocycles. The molecule has 0 fully saturated rings. The van der Waals surface area contributed by atoms with Gasteiger partial charge in [0, 0.05) is 19.7 Å². The number of nitrogens with zero attached hydrogens (tertiary/aromatic N) is 1. The Morgan fingerprint density at radius 2 is 1.87 bits per heavy atom. The molecule has 0 saturated carbocycles. The minimum Gasteiger partial charge on any atom is -0.484 e. The molecule has 0 atom stereocenters. The fraction of sp³-hybridized carbons (Fsp3) is 0.529. The maximum Gasteiger partial charge on any atom is 0.307 e. The molecule has 0 heterocycles. The molecule has 0 bridgehead atoms. The first-order valence-electron chi connectivity index (χ1n) is 7.77. The number of hydrogen-bond acceptors (Lipinski definition) is 5. The number of amides is 1. The standard InChI is InChI=1S/C17H25NO5/c1-3-14-5-7-15(8-6-14)23-13-16(20)18(10-4-12-19)11-9-17(21)22-2/h5-8,19H,3-4,9-13H2,1-2H3. The Bertz CT molecular complexity index is 486. The van der Waals surface area contributed by atoms with Gasteiger partial charge in [-0.1, -0.05) is 19.1 Å². The number of carbonyl (C=O) groups excluding carboxylic acids is 2. The quantitative estimate of drug-likeness (QED) is 0.659. The SMILES string of the molecule is CCc1ccc(OCC(=O)N(CCCO)CCC(=O)OC)cc1. The van der Waals surface area contributed by atoms with Crippen molar-refractivity contribution in [1.29, 1.82) is 0 Å². The molecule has 6 heteroatoms. The van der Waals surface area contributed by atoms with Gasteiger partial charge in [0.25, 0.3) is 5.91 Å². The topological polar surface area (TPSA) is 76.1 Å². The van der Waals surface area contributed by atoms with Gasteiger partial charge in [0.2, 0.25) is 0 Å². The van der Waals surface area contributed by atoms with Crippen LogP contribution in [0.3, 0.4) is 0 Å². The molecule has 128 valence electrons. The maximum absolute atomic E-state index is 12.2. The molecular formula is C17H25NO5. The summed E-state index contributed by atoms with van der Waals surface area (Å²) in [5.41, 5.74) is 1.20. The van der Waals surface area contributed by atoms with E-state index in [0.29, 0.717) is 18.7 Å². The minimum atomic E-state index is -0.372. The fourth-order valence-electron chi connectivity index (χ4n) is 2.01. The van der Waals surface area contributed by atoms with Gasteiger partial charge < -0.3 is 19.5 Å². The molecule has 0 aliphatic rings. The molecule has 0 radical (unpaired) electrons. The number of hydrogen-bond donors (Lipinski definition) is 1. The summed E-state index contributed by atoms with van der Waals surface area (Å²) < 4.78 is 10.1. The van der Waals surface area contributed by atoms with E-state index in [9.17, 15) is 9.59 Å². The smallest absolute Gasteiger partial charge is 0.307 e. The highest BCUT2D eigenvalue weighted by molar-refractivity contribution is 5.78. The average molecular weight is 323 g/mol. The Kier molecular flexibility index (Phi) is 8.75. The highest BCUT2D eigenvalue weighted by Gasteiger charge is 2.15. The summed E-state index contributed by atoms with van der Waals surface area (Å²) in [4.78, 5) is 24.9. The maximum atomic E-state index is 12.2. The van der Waals surface area contributed by atoms with Gasteiger partial charge in [-0.3, -0.25) is 9.59 Å². The molecule has 0 saturated heterocycles. The van der Waals surface area contributed by atoms with Crippen LogP contribution < -0.4 is 4.74 Å². The van der Waals surface area contributed by atoms with Crippen molar-refractivity contribution >= 4 is 11.9 Å². The van der Waals surface area contributed by atoms with E-state index in [4.69, 9.17) is 9.84 Å². The van der Waals surface area contributed by atoms with Gasteiger partial charge in [-0.25, -0.2) is 0 Å². The molecule has 6 nitrogen and oxygen atoms in total. The highest BCUT2D eigenvalue weighted by atomic mass is 16.5. The van der Waals surface area contributed by atoms with Crippen LogP contribution >= 0.6 is 0 Å². The Morgan fingerprint density at radius 3 is 2.43 bits per heavy atom. The number of rotatable bonds is 10. The van der Waals surface area contributed by atoms with Crippen LogP contribution in [0.4, 0.5) is 0 Å². The van der Waals surface area contributed by atoms with Crippen molar-refractivity contribution in [3.8, 4) is 5.75 Å². The van der Waals surface area contributed by atoms with Gasteiger partial charge in [0.15, 0.2) is 6.61 Å². The van der Waals surface area contributed by atoms with E-state index in [-0.39, 0.29) is 38.1 Å². The van der Waals surface area contributed by atoms with Crippen LogP contribution in [0.5, 0.6) is 5.75 Å². The van der Waals surface area contributed by atoms with Gasteiger partial charge in [-0.05, 0) is 30.5 Å². The largest absolute Gasteiger partial charge is 0.484 e. The summed E-state index contributed by atoms with van der Waals surface area (Å²) in [5.74, 6) is 0.0374. The third kappa shape index (κ3) is 7.15. The predicted octanol–water partition coefficient (Wildman–Crippen LogP) is 1.40. The molecule has 0 spiro atoms. The molecule has 0 aliphatic heterocycles. The molecule has 0 aliphatic carbocycles. The van der Waals surface area contributed by atoms with Crippen LogP contribution in [0.15, 0.2) is 24.3 Å². The summed E-state index contributed by atoms with van der Waals surface area (Å²) >= 11 is 0. The zero-order valence-electron chi connectivity index (χ0n) is 13.8. The lowest BCUT2D eigenvalue weighted by Gasteiger charge is -2.22. The van der Waals surface area contributed by atoms with Crippen molar-refractivity contribution in [3.63, 3.8) is 0 Å². The molecule has 0 unspecified atom stereocenters. The van der Waals surface area contributed by atoms with Crippen molar-refractivity contribution in [2.24, 2.45) is 0 Å². The molecule has 1 rings (SSSR count). The van der Waals surface area contributed by atoms with Crippen molar-refractivity contribution < 1.29 is 24.2 Å². The van der Waals surface area contributed by atoms with Crippen LogP contribution in [0, 0.1) is 0 Å². The second kappa shape index (κ2) is 10.6. The number of carbonyl (C=O) groups is 2. The minimum absolute atomic E-state index is 0.0126. The van der Waals surface area contributed by atoms with E-state index in [1.165, 1.54) is 17.6 Å². The first-order chi connectivity index (χ1) is 11.1. The van der Waals surface area contributed by atoms with Gasteiger partial charge in [0.05, 0.1) is 13.5 Å². The molecule has 23 heavy (non-hydrogen) atoms. The lowest BCUT2D eigenvalue weighted by Crippen LogP contribution is -2.37. The lowest BCUT2D eigenvalue weighted by atomic mass is 10.2. The van der Waals surface area contributed by atoms with Gasteiger partial charge in [-0.15, -0.1) is 0 Å².